The van der Waals surface area contributed by atoms with Crippen LogP contribution < -0.4 is 5.32 Å². The van der Waals surface area contributed by atoms with Crippen LogP contribution in [0, 0.1) is 23.2 Å². The van der Waals surface area contributed by atoms with Crippen molar-refractivity contribution in [3.05, 3.63) is 0 Å². The quantitative estimate of drug-likeness (QED) is 0.779. The second-order valence-corrected chi connectivity index (χ2v) is 6.11. The molecule has 0 saturated heterocycles. The molecule has 0 spiro atoms. The number of alkyl halides is 2. The zero-order valence-corrected chi connectivity index (χ0v) is 11.8. The molecule has 3 rings (SSSR count). The second-order valence-electron chi connectivity index (χ2n) is 6.11. The maximum atomic E-state index is 12.9. The van der Waals surface area contributed by atoms with Crippen LogP contribution in [0.4, 0.5) is 8.78 Å². The van der Waals surface area contributed by atoms with Crippen LogP contribution in [0.25, 0.3) is 0 Å². The molecule has 0 amide bonds. The summed E-state index contributed by atoms with van der Waals surface area (Å²) in [5.74, 6) is 0.443. The first-order valence-electron chi connectivity index (χ1n) is 6.85. The Kier molecular flexibility index (Phi) is 4.94. The molecule has 3 fully saturated rings. The van der Waals surface area contributed by atoms with E-state index in [1.807, 2.05) is 0 Å². The summed E-state index contributed by atoms with van der Waals surface area (Å²) < 4.78 is 25.9. The van der Waals surface area contributed by atoms with Crippen LogP contribution >= 0.6 is 0 Å². The third-order valence-electron chi connectivity index (χ3n) is 4.68. The third-order valence-corrected chi connectivity index (χ3v) is 4.68. The molecule has 3 aliphatic rings. The molecule has 4 unspecified atom stereocenters. The Bertz CT molecular complexity index is 240. The fourth-order valence-corrected chi connectivity index (χ4v) is 3.51. The van der Waals surface area contributed by atoms with Crippen LogP contribution in [-0.4, -0.2) is 19.5 Å². The van der Waals surface area contributed by atoms with Crippen molar-refractivity contribution in [2.24, 2.45) is 23.2 Å². The van der Waals surface area contributed by atoms with Crippen molar-refractivity contribution >= 4 is 0 Å². The van der Waals surface area contributed by atoms with E-state index in [0.717, 1.165) is 12.8 Å². The molecule has 2 bridgehead atoms. The van der Waals surface area contributed by atoms with Crippen LogP contribution in [0.1, 0.15) is 47.0 Å². The van der Waals surface area contributed by atoms with Crippen molar-refractivity contribution in [1.29, 1.82) is 0 Å². The van der Waals surface area contributed by atoms with Crippen molar-refractivity contribution in [2.45, 2.75) is 59.4 Å². The first-order valence-corrected chi connectivity index (χ1v) is 6.85. The van der Waals surface area contributed by atoms with Gasteiger partial charge in [0.05, 0.1) is 0 Å². The van der Waals surface area contributed by atoms with Gasteiger partial charge in [-0.1, -0.05) is 34.1 Å². The molecule has 0 aromatic carbocycles. The molecule has 3 heteroatoms. The van der Waals surface area contributed by atoms with Crippen LogP contribution in [0.5, 0.6) is 0 Å². The lowest BCUT2D eigenvalue weighted by atomic mass is 9.44. The lowest BCUT2D eigenvalue weighted by molar-refractivity contribution is -0.159. The monoisotopic (exact) mass is 247 g/mol. The Morgan fingerprint density at radius 2 is 1.76 bits per heavy atom. The van der Waals surface area contributed by atoms with Gasteiger partial charge >= 0.3 is 0 Å². The van der Waals surface area contributed by atoms with Crippen molar-refractivity contribution in [2.75, 3.05) is 7.05 Å². The highest BCUT2D eigenvalue weighted by Crippen LogP contribution is 2.62. The van der Waals surface area contributed by atoms with Gasteiger partial charge in [0.15, 0.2) is 0 Å². The molecular formula is C14H27F2N. The van der Waals surface area contributed by atoms with Gasteiger partial charge in [-0.05, 0) is 37.1 Å². The Labute approximate surface area is 104 Å². The van der Waals surface area contributed by atoms with E-state index in [4.69, 9.17) is 0 Å². The molecular weight excluding hydrogens is 220 g/mol. The van der Waals surface area contributed by atoms with E-state index in [-0.39, 0.29) is 17.4 Å². The molecule has 0 heterocycles. The Morgan fingerprint density at radius 3 is 2.12 bits per heavy atom. The lowest BCUT2D eigenvalue weighted by Crippen LogP contribution is -2.62. The molecule has 0 radical (unpaired) electrons. The number of rotatable bonds is 2. The molecule has 4 atom stereocenters. The van der Waals surface area contributed by atoms with Gasteiger partial charge in [-0.3, -0.25) is 0 Å². The predicted molar refractivity (Wildman–Crippen MR) is 68.3 cm³/mol. The largest absolute Gasteiger partial charge is 0.316 e. The van der Waals surface area contributed by atoms with Crippen LogP contribution in [0.2, 0.25) is 0 Å². The Morgan fingerprint density at radius 1 is 1.24 bits per heavy atom. The highest BCUT2D eigenvalue weighted by Gasteiger charge is 2.59. The molecule has 102 valence electrons. The minimum Gasteiger partial charge on any atom is -0.316 e. The minimum absolute atomic E-state index is 0.0341. The van der Waals surface area contributed by atoms with E-state index in [1.54, 1.807) is 7.05 Å². The molecule has 3 saturated carbocycles. The maximum absolute atomic E-state index is 12.9. The molecule has 0 aliphatic heterocycles. The van der Waals surface area contributed by atoms with Gasteiger partial charge in [0.1, 0.15) is 0 Å². The zero-order valence-electron chi connectivity index (χ0n) is 11.8. The second kappa shape index (κ2) is 5.64. The van der Waals surface area contributed by atoms with E-state index in [0.29, 0.717) is 5.92 Å². The number of hydrogen-bond acceptors (Lipinski definition) is 1. The van der Waals surface area contributed by atoms with Gasteiger partial charge < -0.3 is 5.32 Å². The third kappa shape index (κ3) is 2.64. The molecule has 3 aliphatic carbocycles. The number of nitrogens with one attached hydrogen (secondary N) is 1. The molecule has 0 aromatic rings. The van der Waals surface area contributed by atoms with E-state index in [2.05, 4.69) is 33.0 Å². The summed E-state index contributed by atoms with van der Waals surface area (Å²) in [6.45, 7) is 8.54. The van der Waals surface area contributed by atoms with E-state index in [9.17, 15) is 8.78 Å². The summed E-state index contributed by atoms with van der Waals surface area (Å²) in [7, 11) is 1.80. The van der Waals surface area contributed by atoms with E-state index >= 15 is 0 Å². The zero-order chi connectivity index (χ0) is 13.2. The van der Waals surface area contributed by atoms with Crippen molar-refractivity contribution in [1.82, 2.24) is 5.32 Å². The molecule has 0 aromatic heterocycles. The first-order chi connectivity index (χ1) is 7.89. The van der Waals surface area contributed by atoms with Gasteiger partial charge in [-0.15, -0.1) is 0 Å². The van der Waals surface area contributed by atoms with Gasteiger partial charge in [-0.25, -0.2) is 8.78 Å². The predicted octanol–water partition coefficient (Wildman–Crippen LogP) is 3.94. The summed E-state index contributed by atoms with van der Waals surface area (Å²) in [5, 5.41) is 3.05. The normalized spacial score (nSPS) is 38.1. The van der Waals surface area contributed by atoms with Crippen molar-refractivity contribution in [3.8, 4) is 0 Å². The van der Waals surface area contributed by atoms with Gasteiger partial charge in [0.2, 0.25) is 6.43 Å². The summed E-state index contributed by atoms with van der Waals surface area (Å²) in [4.78, 5) is 0. The summed E-state index contributed by atoms with van der Waals surface area (Å²) in [6.07, 6.45) is 1.02. The number of halogens is 2. The molecule has 1 N–H and O–H groups in total. The topological polar surface area (TPSA) is 12.0 Å². The maximum Gasteiger partial charge on any atom is 0.243 e. The lowest BCUT2D eigenvalue weighted by Gasteiger charge is -2.62. The summed E-state index contributed by atoms with van der Waals surface area (Å²) >= 11 is 0. The SMILES string of the molecule is CCC.CNC1CC2CC(C1C(F)F)C2(C)C. The highest BCUT2D eigenvalue weighted by molar-refractivity contribution is 5.08. The van der Waals surface area contributed by atoms with E-state index in [1.165, 1.54) is 6.42 Å². The van der Waals surface area contributed by atoms with Gasteiger partial charge in [0.25, 0.3) is 0 Å². The number of hydrogen-bond donors (Lipinski definition) is 1. The van der Waals surface area contributed by atoms with Crippen LogP contribution in [0.3, 0.4) is 0 Å². The summed E-state index contributed by atoms with van der Waals surface area (Å²) in [6, 6.07) is 0.0341. The van der Waals surface area contributed by atoms with Crippen molar-refractivity contribution in [3.63, 3.8) is 0 Å². The number of fused-ring (bicyclic) bond motifs is 2. The van der Waals surface area contributed by atoms with Crippen LogP contribution in [-0.2, 0) is 0 Å². The van der Waals surface area contributed by atoms with Crippen molar-refractivity contribution < 1.29 is 8.78 Å². The highest BCUT2D eigenvalue weighted by atomic mass is 19.3. The standard InChI is InChI=1S/C11H19F2N.C3H8/c1-11(2)6-4-7(11)9(10(12)13)8(5-6)14-3;1-3-2/h6-10,14H,4-5H2,1-3H3;3H2,1-2H3. The van der Waals surface area contributed by atoms with Crippen LogP contribution in [0.15, 0.2) is 0 Å². The molecule has 17 heavy (non-hydrogen) atoms. The fraction of sp³-hybridized carbons (Fsp3) is 1.00. The van der Waals surface area contributed by atoms with E-state index < -0.39 is 12.3 Å². The molecule has 1 nitrogen and oxygen atoms in total. The fourth-order valence-electron chi connectivity index (χ4n) is 3.51. The average molecular weight is 247 g/mol. The smallest absolute Gasteiger partial charge is 0.243 e. The van der Waals surface area contributed by atoms with Gasteiger partial charge in [0, 0.05) is 12.0 Å². The Hall–Kier alpha value is -0.180. The first kappa shape index (κ1) is 14.9. The average Bonchev–Trinajstić information content (AvgIpc) is 2.28. The van der Waals surface area contributed by atoms with Gasteiger partial charge in [-0.2, -0.15) is 0 Å². The minimum atomic E-state index is -2.17. The summed E-state index contributed by atoms with van der Waals surface area (Å²) in [5.41, 5.74) is 0.147. The Balaban J connectivity index is 0.000000437.